The van der Waals surface area contributed by atoms with E-state index in [1.807, 2.05) is 36.9 Å². The van der Waals surface area contributed by atoms with Gasteiger partial charge in [0.05, 0.1) is 11.2 Å². The van der Waals surface area contributed by atoms with Crippen molar-refractivity contribution in [1.29, 1.82) is 0 Å². The van der Waals surface area contributed by atoms with Crippen molar-refractivity contribution in [2.75, 3.05) is 18.0 Å². The highest BCUT2D eigenvalue weighted by atomic mass is 16.4. The smallest absolute Gasteiger partial charge is 0.343 e. The number of rotatable bonds is 3. The molecule has 1 saturated heterocycles. The maximum atomic E-state index is 12.2. The average Bonchev–Trinajstić information content (AvgIpc) is 2.94. The first-order chi connectivity index (χ1) is 10.8. The van der Waals surface area contributed by atoms with Gasteiger partial charge in [-0.2, -0.15) is 0 Å². The number of aromatic carboxylic acids is 1. The van der Waals surface area contributed by atoms with Gasteiger partial charge in [-0.15, -0.1) is 0 Å². The van der Waals surface area contributed by atoms with Gasteiger partial charge in [0, 0.05) is 24.0 Å². The molecule has 23 heavy (non-hydrogen) atoms. The molecular formula is C17H21N3O3. The lowest BCUT2D eigenvalue weighted by Crippen LogP contribution is -2.42. The van der Waals surface area contributed by atoms with Crippen molar-refractivity contribution in [2.45, 2.75) is 25.8 Å². The Morgan fingerprint density at radius 2 is 2.09 bits per heavy atom. The number of hydrogen-bond acceptors (Lipinski definition) is 4. The van der Waals surface area contributed by atoms with E-state index in [0.717, 1.165) is 11.8 Å². The van der Waals surface area contributed by atoms with E-state index in [9.17, 15) is 14.7 Å². The van der Waals surface area contributed by atoms with Gasteiger partial charge >= 0.3 is 5.97 Å². The highest BCUT2D eigenvalue weighted by Crippen LogP contribution is 2.34. The van der Waals surface area contributed by atoms with Gasteiger partial charge in [0.15, 0.2) is 0 Å². The van der Waals surface area contributed by atoms with Gasteiger partial charge in [0.2, 0.25) is 0 Å². The average molecular weight is 315 g/mol. The molecule has 0 amide bonds. The third-order valence-electron chi connectivity index (χ3n) is 4.66. The number of fused-ring (bicyclic) bond motifs is 1. The van der Waals surface area contributed by atoms with Crippen molar-refractivity contribution in [3.8, 4) is 0 Å². The van der Waals surface area contributed by atoms with Crippen LogP contribution in [-0.2, 0) is 0 Å². The summed E-state index contributed by atoms with van der Waals surface area (Å²) in [7, 11) is 0. The number of pyridine rings is 1. The standard InChI is InChI=1S/C17H21N3O3/c1-17(2,18)10-7-8-20(9-10)14-11-5-3-4-6-12(11)19-15(21)13(14)16(22)23/h3-6,10H,7-9,18H2,1-2H3,(H,19,21)(H,22,23). The number of aromatic nitrogens is 1. The fourth-order valence-corrected chi connectivity index (χ4v) is 3.32. The molecule has 4 N–H and O–H groups in total. The Labute approximate surface area is 133 Å². The molecule has 1 aliphatic heterocycles. The van der Waals surface area contributed by atoms with Gasteiger partial charge in [0.25, 0.3) is 5.56 Å². The van der Waals surface area contributed by atoms with Gasteiger partial charge in [-0.05, 0) is 32.3 Å². The lowest BCUT2D eigenvalue weighted by Gasteiger charge is -2.28. The van der Waals surface area contributed by atoms with Crippen LogP contribution >= 0.6 is 0 Å². The van der Waals surface area contributed by atoms with Gasteiger partial charge in [-0.1, -0.05) is 18.2 Å². The number of nitrogens with zero attached hydrogens (tertiary/aromatic N) is 1. The first-order valence-corrected chi connectivity index (χ1v) is 7.71. The molecule has 0 saturated carbocycles. The molecule has 0 radical (unpaired) electrons. The van der Waals surface area contributed by atoms with Crippen LogP contribution in [0.4, 0.5) is 5.69 Å². The van der Waals surface area contributed by atoms with Crippen molar-refractivity contribution in [3.05, 3.63) is 40.2 Å². The maximum Gasteiger partial charge on any atom is 0.343 e. The Hall–Kier alpha value is -2.34. The second-order valence-electron chi connectivity index (χ2n) is 6.78. The maximum absolute atomic E-state index is 12.2. The van der Waals surface area contributed by atoms with Crippen LogP contribution in [0.1, 0.15) is 30.6 Å². The third-order valence-corrected chi connectivity index (χ3v) is 4.66. The largest absolute Gasteiger partial charge is 0.477 e. The topological polar surface area (TPSA) is 99.4 Å². The number of benzene rings is 1. The Balaban J connectivity index is 2.18. The zero-order valence-corrected chi connectivity index (χ0v) is 13.3. The minimum Gasteiger partial charge on any atom is -0.477 e. The summed E-state index contributed by atoms with van der Waals surface area (Å²) in [4.78, 5) is 28.5. The Morgan fingerprint density at radius 3 is 2.70 bits per heavy atom. The predicted octanol–water partition coefficient (Wildman–Crippen LogP) is 1.79. The zero-order chi connectivity index (χ0) is 16.8. The van der Waals surface area contributed by atoms with E-state index in [2.05, 4.69) is 4.98 Å². The highest BCUT2D eigenvalue weighted by molar-refractivity contribution is 6.04. The van der Waals surface area contributed by atoms with Crippen molar-refractivity contribution < 1.29 is 9.90 Å². The molecule has 3 rings (SSSR count). The van der Waals surface area contributed by atoms with Crippen LogP contribution < -0.4 is 16.2 Å². The van der Waals surface area contributed by atoms with E-state index in [0.29, 0.717) is 24.3 Å². The summed E-state index contributed by atoms with van der Waals surface area (Å²) < 4.78 is 0. The quantitative estimate of drug-likeness (QED) is 0.802. The Kier molecular flexibility index (Phi) is 3.64. The van der Waals surface area contributed by atoms with Crippen molar-refractivity contribution >= 4 is 22.6 Å². The Bertz CT molecular complexity index is 820. The molecular weight excluding hydrogens is 294 g/mol. The molecule has 1 aliphatic rings. The molecule has 0 bridgehead atoms. The van der Waals surface area contributed by atoms with E-state index in [4.69, 9.17) is 5.73 Å². The van der Waals surface area contributed by atoms with Crippen LogP contribution in [0.3, 0.4) is 0 Å². The van der Waals surface area contributed by atoms with Crippen molar-refractivity contribution in [2.24, 2.45) is 11.7 Å². The van der Waals surface area contributed by atoms with Crippen LogP contribution in [0.2, 0.25) is 0 Å². The SMILES string of the molecule is CC(C)(N)C1CCN(c2c(C(=O)O)c(=O)[nH]c3ccccc23)C1. The molecule has 1 fully saturated rings. The van der Waals surface area contributed by atoms with Crippen LogP contribution in [0.15, 0.2) is 29.1 Å². The Morgan fingerprint density at radius 1 is 1.39 bits per heavy atom. The molecule has 0 aliphatic carbocycles. The summed E-state index contributed by atoms with van der Waals surface area (Å²) in [6.45, 7) is 5.31. The van der Waals surface area contributed by atoms with Crippen LogP contribution in [-0.4, -0.2) is 34.7 Å². The van der Waals surface area contributed by atoms with Crippen LogP contribution in [0.5, 0.6) is 0 Å². The summed E-state index contributed by atoms with van der Waals surface area (Å²) in [6, 6.07) is 7.29. The summed E-state index contributed by atoms with van der Waals surface area (Å²) in [6.07, 6.45) is 0.879. The van der Waals surface area contributed by atoms with E-state index in [1.54, 1.807) is 6.07 Å². The second-order valence-corrected chi connectivity index (χ2v) is 6.78. The number of para-hydroxylation sites is 1. The fourth-order valence-electron chi connectivity index (χ4n) is 3.32. The lowest BCUT2D eigenvalue weighted by molar-refractivity contribution is 0.0696. The molecule has 2 heterocycles. The minimum atomic E-state index is -1.21. The number of anilines is 1. The van der Waals surface area contributed by atoms with E-state index >= 15 is 0 Å². The fraction of sp³-hybridized carbons (Fsp3) is 0.412. The monoisotopic (exact) mass is 315 g/mol. The zero-order valence-electron chi connectivity index (χ0n) is 13.3. The van der Waals surface area contributed by atoms with E-state index in [-0.39, 0.29) is 17.0 Å². The minimum absolute atomic E-state index is 0.195. The number of carbonyl (C=O) groups is 1. The normalized spacial score (nSPS) is 18.6. The first-order valence-electron chi connectivity index (χ1n) is 7.71. The molecule has 0 spiro atoms. The molecule has 1 aromatic heterocycles. The molecule has 1 aromatic carbocycles. The highest BCUT2D eigenvalue weighted by Gasteiger charge is 2.35. The van der Waals surface area contributed by atoms with Gasteiger partial charge < -0.3 is 20.7 Å². The summed E-state index contributed by atoms with van der Waals surface area (Å²) in [5.41, 5.74) is 6.26. The molecule has 1 atom stereocenters. The van der Waals surface area contributed by atoms with Crippen LogP contribution in [0.25, 0.3) is 10.9 Å². The van der Waals surface area contributed by atoms with Crippen molar-refractivity contribution in [1.82, 2.24) is 4.98 Å². The second kappa shape index (κ2) is 5.38. The number of carboxylic acids is 1. The molecule has 122 valence electrons. The number of H-pyrrole nitrogens is 1. The van der Waals surface area contributed by atoms with Gasteiger partial charge in [0.1, 0.15) is 5.56 Å². The number of aromatic amines is 1. The first kappa shape index (κ1) is 15.6. The number of nitrogens with one attached hydrogen (secondary N) is 1. The van der Waals surface area contributed by atoms with Gasteiger partial charge in [-0.3, -0.25) is 4.79 Å². The van der Waals surface area contributed by atoms with E-state index in [1.165, 1.54) is 0 Å². The summed E-state index contributed by atoms with van der Waals surface area (Å²) >= 11 is 0. The van der Waals surface area contributed by atoms with E-state index < -0.39 is 11.5 Å². The van der Waals surface area contributed by atoms with Gasteiger partial charge in [-0.25, -0.2) is 4.79 Å². The summed E-state index contributed by atoms with van der Waals surface area (Å²) in [5.74, 6) is -0.954. The number of carboxylic acid groups (broad SMARTS) is 1. The van der Waals surface area contributed by atoms with Crippen molar-refractivity contribution in [3.63, 3.8) is 0 Å². The summed E-state index contributed by atoms with van der Waals surface area (Å²) in [5, 5.41) is 10.3. The molecule has 1 unspecified atom stereocenters. The third kappa shape index (κ3) is 2.70. The molecule has 6 heteroatoms. The predicted molar refractivity (Wildman–Crippen MR) is 90.1 cm³/mol. The molecule has 2 aromatic rings. The molecule has 6 nitrogen and oxygen atoms in total. The number of hydrogen-bond donors (Lipinski definition) is 3. The van der Waals surface area contributed by atoms with Crippen LogP contribution in [0, 0.1) is 5.92 Å². The lowest BCUT2D eigenvalue weighted by atomic mass is 9.88. The number of nitrogens with two attached hydrogens (primary N) is 1.